The van der Waals surface area contributed by atoms with E-state index < -0.39 is 0 Å². The number of para-hydroxylation sites is 1. The van der Waals surface area contributed by atoms with Crippen molar-refractivity contribution in [3.05, 3.63) is 28.9 Å². The molecule has 0 fully saturated rings. The highest BCUT2D eigenvalue weighted by Crippen LogP contribution is 2.31. The van der Waals surface area contributed by atoms with Crippen LogP contribution in [0.5, 0.6) is 5.75 Å². The first-order valence-corrected chi connectivity index (χ1v) is 4.40. The van der Waals surface area contributed by atoms with Crippen LogP contribution in [0.2, 0.25) is 5.15 Å². The summed E-state index contributed by atoms with van der Waals surface area (Å²) >= 11 is 5.86. The van der Waals surface area contributed by atoms with Crippen molar-refractivity contribution in [2.75, 3.05) is 7.11 Å². The van der Waals surface area contributed by atoms with Gasteiger partial charge in [0.15, 0.2) is 0 Å². The molecule has 0 atom stereocenters. The quantitative estimate of drug-likeness (QED) is 0.780. The van der Waals surface area contributed by atoms with Gasteiger partial charge < -0.3 is 9.72 Å². The monoisotopic (exact) mass is 206 g/mol. The van der Waals surface area contributed by atoms with Crippen molar-refractivity contribution < 1.29 is 4.74 Å². The lowest BCUT2D eigenvalue weighted by Crippen LogP contribution is -1.83. The molecule has 14 heavy (non-hydrogen) atoms. The van der Waals surface area contributed by atoms with Crippen LogP contribution in [0.3, 0.4) is 0 Å². The standard InChI is InChI=1S/C10H7ClN2O/c1-14-8-4-2-3-6-7(5-12)10(11)13-9(6)8/h2-4,13H,1H3. The third-order valence-corrected chi connectivity index (χ3v) is 2.36. The second kappa shape index (κ2) is 3.24. The van der Waals surface area contributed by atoms with Crippen LogP contribution in [0.1, 0.15) is 5.56 Å². The molecule has 1 heterocycles. The zero-order chi connectivity index (χ0) is 10.1. The summed E-state index contributed by atoms with van der Waals surface area (Å²) in [6.45, 7) is 0. The number of aromatic amines is 1. The molecule has 3 nitrogen and oxygen atoms in total. The van der Waals surface area contributed by atoms with Gasteiger partial charge >= 0.3 is 0 Å². The first-order chi connectivity index (χ1) is 6.77. The largest absolute Gasteiger partial charge is 0.495 e. The van der Waals surface area contributed by atoms with Gasteiger partial charge in [-0.3, -0.25) is 0 Å². The Labute approximate surface area is 85.9 Å². The van der Waals surface area contributed by atoms with Crippen molar-refractivity contribution in [1.29, 1.82) is 5.26 Å². The van der Waals surface area contributed by atoms with Crippen LogP contribution in [-0.2, 0) is 0 Å². The Morgan fingerprint density at radius 1 is 1.50 bits per heavy atom. The third kappa shape index (κ3) is 1.12. The summed E-state index contributed by atoms with van der Waals surface area (Å²) in [4.78, 5) is 2.92. The number of halogens is 1. The summed E-state index contributed by atoms with van der Waals surface area (Å²) in [5.74, 6) is 0.686. The number of nitriles is 1. The van der Waals surface area contributed by atoms with Gasteiger partial charge in [-0.25, -0.2) is 0 Å². The lowest BCUT2D eigenvalue weighted by atomic mass is 10.2. The van der Waals surface area contributed by atoms with E-state index in [1.807, 2.05) is 18.2 Å². The number of benzene rings is 1. The van der Waals surface area contributed by atoms with E-state index in [1.165, 1.54) is 0 Å². The number of rotatable bonds is 1. The topological polar surface area (TPSA) is 48.8 Å². The van der Waals surface area contributed by atoms with E-state index in [0.717, 1.165) is 10.9 Å². The Hall–Kier alpha value is -1.66. The van der Waals surface area contributed by atoms with Crippen molar-refractivity contribution in [3.8, 4) is 11.8 Å². The Morgan fingerprint density at radius 2 is 2.29 bits per heavy atom. The molecule has 2 rings (SSSR count). The van der Waals surface area contributed by atoms with E-state index in [1.54, 1.807) is 7.11 Å². The van der Waals surface area contributed by atoms with Gasteiger partial charge in [0.05, 0.1) is 18.2 Å². The number of H-pyrrole nitrogens is 1. The number of aromatic nitrogens is 1. The Kier molecular flexibility index (Phi) is 2.06. The van der Waals surface area contributed by atoms with Gasteiger partial charge in [-0.1, -0.05) is 23.7 Å². The number of methoxy groups -OCH3 is 1. The number of nitrogens with zero attached hydrogens (tertiary/aromatic N) is 1. The molecule has 0 saturated carbocycles. The summed E-state index contributed by atoms with van der Waals surface area (Å²) in [5, 5.41) is 10.0. The second-order valence-electron chi connectivity index (χ2n) is 2.81. The van der Waals surface area contributed by atoms with Crippen LogP contribution in [0, 0.1) is 11.3 Å². The molecule has 1 aromatic heterocycles. The fraction of sp³-hybridized carbons (Fsp3) is 0.100. The number of ether oxygens (including phenoxy) is 1. The van der Waals surface area contributed by atoms with Crippen LogP contribution in [0.4, 0.5) is 0 Å². The number of hydrogen-bond acceptors (Lipinski definition) is 2. The summed E-state index contributed by atoms with van der Waals surface area (Å²) in [6.07, 6.45) is 0. The minimum atomic E-state index is 0.354. The molecule has 1 aromatic carbocycles. The fourth-order valence-corrected chi connectivity index (χ4v) is 1.68. The Bertz CT molecular complexity index is 525. The predicted octanol–water partition coefficient (Wildman–Crippen LogP) is 2.70. The molecule has 0 amide bonds. The van der Waals surface area contributed by atoms with E-state index in [4.69, 9.17) is 21.6 Å². The van der Waals surface area contributed by atoms with E-state index in [9.17, 15) is 0 Å². The van der Waals surface area contributed by atoms with Crippen LogP contribution in [0.25, 0.3) is 10.9 Å². The van der Waals surface area contributed by atoms with Gasteiger partial charge in [-0.15, -0.1) is 0 Å². The van der Waals surface area contributed by atoms with Crippen LogP contribution in [-0.4, -0.2) is 12.1 Å². The minimum absolute atomic E-state index is 0.354. The highest BCUT2D eigenvalue weighted by molar-refractivity contribution is 6.32. The maximum Gasteiger partial charge on any atom is 0.142 e. The summed E-state index contributed by atoms with van der Waals surface area (Å²) in [5.41, 5.74) is 1.22. The molecule has 70 valence electrons. The number of fused-ring (bicyclic) bond motifs is 1. The highest BCUT2D eigenvalue weighted by atomic mass is 35.5. The number of nitrogens with one attached hydrogen (secondary N) is 1. The zero-order valence-corrected chi connectivity index (χ0v) is 8.22. The van der Waals surface area contributed by atoms with Gasteiger partial charge in [0.25, 0.3) is 0 Å². The SMILES string of the molecule is COc1cccc2c(C#N)c(Cl)[nH]c12. The van der Waals surface area contributed by atoms with Crippen LogP contribution in [0.15, 0.2) is 18.2 Å². The van der Waals surface area contributed by atoms with E-state index in [2.05, 4.69) is 11.1 Å². The molecule has 0 aliphatic heterocycles. The normalized spacial score (nSPS) is 10.1. The predicted molar refractivity (Wildman–Crippen MR) is 54.6 cm³/mol. The molecule has 4 heteroatoms. The summed E-state index contributed by atoms with van der Waals surface area (Å²) < 4.78 is 5.14. The molecule has 0 aliphatic carbocycles. The average Bonchev–Trinajstić information content (AvgIpc) is 2.52. The summed E-state index contributed by atoms with van der Waals surface area (Å²) in [6, 6.07) is 7.52. The van der Waals surface area contributed by atoms with E-state index in [-0.39, 0.29) is 0 Å². The molecule has 2 aromatic rings. The van der Waals surface area contributed by atoms with Crippen LogP contribution >= 0.6 is 11.6 Å². The van der Waals surface area contributed by atoms with Gasteiger partial charge in [0.2, 0.25) is 0 Å². The first kappa shape index (κ1) is 8.92. The lowest BCUT2D eigenvalue weighted by molar-refractivity contribution is 0.419. The lowest BCUT2D eigenvalue weighted by Gasteiger charge is -1.99. The Balaban J connectivity index is 2.87. The molecule has 0 saturated heterocycles. The molecule has 1 N–H and O–H groups in total. The van der Waals surface area contributed by atoms with Gasteiger partial charge in [0, 0.05) is 5.39 Å². The molecule has 0 radical (unpaired) electrons. The molecule has 0 unspecified atom stereocenters. The van der Waals surface area contributed by atoms with Crippen LogP contribution < -0.4 is 4.74 Å². The molecular formula is C10H7ClN2O. The number of hydrogen-bond donors (Lipinski definition) is 1. The molecular weight excluding hydrogens is 200 g/mol. The van der Waals surface area contributed by atoms with Gasteiger partial charge in [0.1, 0.15) is 17.0 Å². The third-order valence-electron chi connectivity index (χ3n) is 2.08. The molecule has 0 bridgehead atoms. The summed E-state index contributed by atoms with van der Waals surface area (Å²) in [7, 11) is 1.58. The average molecular weight is 207 g/mol. The fourth-order valence-electron chi connectivity index (χ4n) is 1.44. The van der Waals surface area contributed by atoms with Gasteiger partial charge in [-0.2, -0.15) is 5.26 Å². The van der Waals surface area contributed by atoms with E-state index >= 15 is 0 Å². The van der Waals surface area contributed by atoms with Crippen molar-refractivity contribution in [2.45, 2.75) is 0 Å². The maximum atomic E-state index is 8.87. The Morgan fingerprint density at radius 3 is 2.93 bits per heavy atom. The second-order valence-corrected chi connectivity index (χ2v) is 3.19. The zero-order valence-electron chi connectivity index (χ0n) is 7.47. The molecule has 0 aliphatic rings. The van der Waals surface area contributed by atoms with Gasteiger partial charge in [-0.05, 0) is 6.07 Å². The van der Waals surface area contributed by atoms with Crippen molar-refractivity contribution in [2.24, 2.45) is 0 Å². The van der Waals surface area contributed by atoms with Crippen molar-refractivity contribution >= 4 is 22.5 Å². The maximum absolute atomic E-state index is 8.87. The smallest absolute Gasteiger partial charge is 0.142 e. The first-order valence-electron chi connectivity index (χ1n) is 4.02. The van der Waals surface area contributed by atoms with E-state index in [0.29, 0.717) is 16.5 Å². The minimum Gasteiger partial charge on any atom is -0.495 e. The van der Waals surface area contributed by atoms with Crippen molar-refractivity contribution in [3.63, 3.8) is 0 Å². The van der Waals surface area contributed by atoms with Crippen molar-refractivity contribution in [1.82, 2.24) is 4.98 Å². The highest BCUT2D eigenvalue weighted by Gasteiger charge is 2.11. The molecule has 0 spiro atoms.